The molecule has 2 rings (SSSR count). The molecule has 2 heterocycles. The SMILES string of the molecule is Cc1ccc(CNC(=O)NC[C@H]2CCCN(C(C)C)C2)cn1. The average molecular weight is 304 g/mol. The molecule has 1 aliphatic heterocycles. The fourth-order valence-corrected chi connectivity index (χ4v) is 2.82. The third-order valence-electron chi connectivity index (χ3n) is 4.26. The second-order valence-corrected chi connectivity index (χ2v) is 6.47. The zero-order valence-corrected chi connectivity index (χ0v) is 13.9. The van der Waals surface area contributed by atoms with Crippen molar-refractivity contribution in [2.45, 2.75) is 46.2 Å². The van der Waals surface area contributed by atoms with Crippen molar-refractivity contribution < 1.29 is 4.79 Å². The van der Waals surface area contributed by atoms with Crippen LogP contribution in [0.4, 0.5) is 4.79 Å². The average Bonchev–Trinajstić information content (AvgIpc) is 2.52. The van der Waals surface area contributed by atoms with Gasteiger partial charge in [-0.2, -0.15) is 0 Å². The summed E-state index contributed by atoms with van der Waals surface area (Å²) >= 11 is 0. The summed E-state index contributed by atoms with van der Waals surface area (Å²) in [5.74, 6) is 0.558. The van der Waals surface area contributed by atoms with E-state index in [1.54, 1.807) is 6.20 Å². The highest BCUT2D eigenvalue weighted by molar-refractivity contribution is 5.73. The standard InChI is InChI=1S/C17H28N4O/c1-13(2)21-8-4-5-16(12-21)11-20-17(22)19-10-15-7-6-14(3)18-9-15/h6-7,9,13,16H,4-5,8,10-12H2,1-3H3,(H2,19,20,22)/t16-/m1/s1. The topological polar surface area (TPSA) is 57.3 Å². The van der Waals surface area contributed by atoms with Gasteiger partial charge in [-0.1, -0.05) is 6.07 Å². The Morgan fingerprint density at radius 2 is 2.23 bits per heavy atom. The highest BCUT2D eigenvalue weighted by atomic mass is 16.2. The summed E-state index contributed by atoms with van der Waals surface area (Å²) in [6.07, 6.45) is 4.23. The van der Waals surface area contributed by atoms with Gasteiger partial charge in [0, 0.05) is 37.6 Å². The fourth-order valence-electron chi connectivity index (χ4n) is 2.82. The van der Waals surface area contributed by atoms with E-state index in [0.717, 1.165) is 24.3 Å². The number of carbonyl (C=O) groups is 1. The smallest absolute Gasteiger partial charge is 0.315 e. The quantitative estimate of drug-likeness (QED) is 0.877. The molecule has 1 atom stereocenters. The molecule has 1 saturated heterocycles. The van der Waals surface area contributed by atoms with E-state index >= 15 is 0 Å². The maximum atomic E-state index is 11.9. The van der Waals surface area contributed by atoms with E-state index < -0.39 is 0 Å². The lowest BCUT2D eigenvalue weighted by atomic mass is 9.97. The third-order valence-corrected chi connectivity index (χ3v) is 4.26. The maximum Gasteiger partial charge on any atom is 0.315 e. The second-order valence-electron chi connectivity index (χ2n) is 6.47. The highest BCUT2D eigenvalue weighted by Crippen LogP contribution is 2.17. The summed E-state index contributed by atoms with van der Waals surface area (Å²) < 4.78 is 0. The number of aryl methyl sites for hydroxylation is 1. The van der Waals surface area contributed by atoms with Gasteiger partial charge in [0.05, 0.1) is 0 Å². The molecule has 1 aliphatic rings. The van der Waals surface area contributed by atoms with E-state index in [4.69, 9.17) is 0 Å². The van der Waals surface area contributed by atoms with E-state index in [1.807, 2.05) is 19.1 Å². The molecule has 0 bridgehead atoms. The van der Waals surface area contributed by atoms with Gasteiger partial charge in [0.1, 0.15) is 0 Å². The molecule has 1 aromatic rings. The Hall–Kier alpha value is -1.62. The van der Waals surface area contributed by atoms with Crippen LogP contribution >= 0.6 is 0 Å². The molecule has 2 amide bonds. The summed E-state index contributed by atoms with van der Waals surface area (Å²) in [6.45, 7) is 9.95. The second kappa shape index (κ2) is 8.13. The first kappa shape index (κ1) is 16.7. The van der Waals surface area contributed by atoms with E-state index in [2.05, 4.69) is 34.4 Å². The number of nitrogens with one attached hydrogen (secondary N) is 2. The molecule has 0 spiro atoms. The predicted molar refractivity (Wildman–Crippen MR) is 88.6 cm³/mol. The van der Waals surface area contributed by atoms with E-state index in [-0.39, 0.29) is 6.03 Å². The van der Waals surface area contributed by atoms with Crippen LogP contribution in [0.25, 0.3) is 0 Å². The monoisotopic (exact) mass is 304 g/mol. The summed E-state index contributed by atoms with van der Waals surface area (Å²) in [4.78, 5) is 18.6. The first-order valence-corrected chi connectivity index (χ1v) is 8.22. The number of aromatic nitrogens is 1. The molecule has 5 heteroatoms. The molecule has 0 saturated carbocycles. The normalized spacial score (nSPS) is 19.2. The van der Waals surface area contributed by atoms with Crippen molar-refractivity contribution in [3.63, 3.8) is 0 Å². The Kier molecular flexibility index (Phi) is 6.19. The number of hydrogen-bond acceptors (Lipinski definition) is 3. The van der Waals surface area contributed by atoms with Gasteiger partial charge in [-0.15, -0.1) is 0 Å². The fraction of sp³-hybridized carbons (Fsp3) is 0.647. The molecular weight excluding hydrogens is 276 g/mol. The van der Waals surface area contributed by atoms with Crippen LogP contribution in [0.3, 0.4) is 0 Å². The van der Waals surface area contributed by atoms with Gasteiger partial charge in [0.15, 0.2) is 0 Å². The molecule has 22 heavy (non-hydrogen) atoms. The number of amides is 2. The van der Waals surface area contributed by atoms with Gasteiger partial charge in [0.2, 0.25) is 0 Å². The zero-order valence-electron chi connectivity index (χ0n) is 13.9. The minimum Gasteiger partial charge on any atom is -0.338 e. The van der Waals surface area contributed by atoms with Crippen LogP contribution in [0.15, 0.2) is 18.3 Å². The van der Waals surface area contributed by atoms with E-state index in [0.29, 0.717) is 18.5 Å². The number of rotatable bonds is 5. The van der Waals surface area contributed by atoms with E-state index in [1.165, 1.54) is 19.4 Å². The van der Waals surface area contributed by atoms with Crippen LogP contribution in [0, 0.1) is 12.8 Å². The Bertz CT molecular complexity index is 472. The predicted octanol–water partition coefficient (Wildman–Crippen LogP) is 2.31. The number of urea groups is 1. The number of nitrogens with zero attached hydrogens (tertiary/aromatic N) is 2. The van der Waals surface area contributed by atoms with Crippen molar-refractivity contribution in [2.75, 3.05) is 19.6 Å². The van der Waals surface area contributed by atoms with Crippen LogP contribution in [-0.4, -0.2) is 41.6 Å². The molecular formula is C17H28N4O. The Morgan fingerprint density at radius 3 is 2.91 bits per heavy atom. The Balaban J connectivity index is 1.68. The summed E-state index contributed by atoms with van der Waals surface area (Å²) in [5, 5.41) is 5.88. The molecule has 2 N–H and O–H groups in total. The van der Waals surface area contributed by atoms with Gasteiger partial charge >= 0.3 is 6.03 Å². The molecule has 0 unspecified atom stereocenters. The summed E-state index contributed by atoms with van der Waals surface area (Å²) in [7, 11) is 0. The van der Waals surface area contributed by atoms with Crippen molar-refractivity contribution in [3.8, 4) is 0 Å². The molecule has 0 aliphatic carbocycles. The van der Waals surface area contributed by atoms with Crippen LogP contribution in [0.5, 0.6) is 0 Å². The maximum absolute atomic E-state index is 11.9. The first-order chi connectivity index (χ1) is 10.5. The molecule has 1 aromatic heterocycles. The summed E-state index contributed by atoms with van der Waals surface area (Å²) in [5.41, 5.74) is 2.00. The minimum atomic E-state index is -0.0951. The van der Waals surface area contributed by atoms with Crippen molar-refractivity contribution in [1.82, 2.24) is 20.5 Å². The van der Waals surface area contributed by atoms with Crippen LogP contribution in [0.2, 0.25) is 0 Å². The lowest BCUT2D eigenvalue weighted by molar-refractivity contribution is 0.139. The summed E-state index contributed by atoms with van der Waals surface area (Å²) in [6, 6.07) is 4.44. The minimum absolute atomic E-state index is 0.0951. The van der Waals surface area contributed by atoms with Crippen molar-refractivity contribution in [3.05, 3.63) is 29.6 Å². The number of hydrogen-bond donors (Lipinski definition) is 2. The van der Waals surface area contributed by atoms with Crippen LogP contribution < -0.4 is 10.6 Å². The van der Waals surface area contributed by atoms with Gasteiger partial charge in [-0.05, 0) is 57.7 Å². The highest BCUT2D eigenvalue weighted by Gasteiger charge is 2.21. The molecule has 0 radical (unpaired) electrons. The van der Waals surface area contributed by atoms with Gasteiger partial charge < -0.3 is 15.5 Å². The van der Waals surface area contributed by atoms with Gasteiger partial charge in [-0.25, -0.2) is 4.79 Å². The number of piperidine rings is 1. The molecule has 1 fully saturated rings. The lowest BCUT2D eigenvalue weighted by Gasteiger charge is -2.35. The molecule has 0 aromatic carbocycles. The number of carbonyl (C=O) groups excluding carboxylic acids is 1. The van der Waals surface area contributed by atoms with E-state index in [9.17, 15) is 4.79 Å². The zero-order chi connectivity index (χ0) is 15.9. The molecule has 5 nitrogen and oxygen atoms in total. The van der Waals surface area contributed by atoms with Gasteiger partial charge in [-0.3, -0.25) is 4.98 Å². The lowest BCUT2D eigenvalue weighted by Crippen LogP contribution is -2.45. The van der Waals surface area contributed by atoms with Crippen LogP contribution in [-0.2, 0) is 6.54 Å². The first-order valence-electron chi connectivity index (χ1n) is 8.22. The van der Waals surface area contributed by atoms with Gasteiger partial charge in [0.25, 0.3) is 0 Å². The largest absolute Gasteiger partial charge is 0.338 e. The van der Waals surface area contributed by atoms with Crippen LogP contribution in [0.1, 0.15) is 37.9 Å². The third kappa shape index (κ3) is 5.30. The van der Waals surface area contributed by atoms with Crippen molar-refractivity contribution >= 4 is 6.03 Å². The Labute approximate surface area is 133 Å². The number of likely N-dealkylation sites (tertiary alicyclic amines) is 1. The molecule has 122 valence electrons. The van der Waals surface area contributed by atoms with Crippen molar-refractivity contribution in [2.24, 2.45) is 5.92 Å². The Morgan fingerprint density at radius 1 is 1.41 bits per heavy atom. The number of pyridine rings is 1. The van der Waals surface area contributed by atoms with Crippen molar-refractivity contribution in [1.29, 1.82) is 0 Å².